The average Bonchev–Trinajstić information content (AvgIpc) is 2.74. The molecule has 0 saturated carbocycles. The van der Waals surface area contributed by atoms with Crippen molar-refractivity contribution in [2.45, 2.75) is 52.2 Å². The summed E-state index contributed by atoms with van der Waals surface area (Å²) in [6, 6.07) is 1.32. The molecule has 3 nitrogen and oxygen atoms in total. The Labute approximate surface area is 108 Å². The fourth-order valence-corrected chi connectivity index (χ4v) is 3.24. The molecule has 0 aliphatic carbocycles. The van der Waals surface area contributed by atoms with Crippen LogP contribution < -0.4 is 5.32 Å². The van der Waals surface area contributed by atoms with Crippen LogP contribution in [0.5, 0.6) is 0 Å². The Hall–Kier alpha value is -0.450. The maximum atomic E-state index is 4.58. The Morgan fingerprint density at radius 1 is 1.47 bits per heavy atom. The number of thiazole rings is 1. The van der Waals surface area contributed by atoms with Crippen LogP contribution in [0, 0.1) is 6.92 Å². The zero-order valence-electron chi connectivity index (χ0n) is 11.1. The smallest absolute Gasteiger partial charge is 0.107 e. The van der Waals surface area contributed by atoms with Gasteiger partial charge >= 0.3 is 0 Å². The van der Waals surface area contributed by atoms with Gasteiger partial charge in [-0.25, -0.2) is 4.98 Å². The normalized spacial score (nSPS) is 26.3. The summed E-state index contributed by atoms with van der Waals surface area (Å²) in [4.78, 5) is 7.18. The van der Waals surface area contributed by atoms with E-state index in [4.69, 9.17) is 0 Å². The highest BCUT2D eigenvalue weighted by atomic mass is 32.1. The minimum atomic E-state index is 0.652. The zero-order valence-corrected chi connectivity index (χ0v) is 11.9. The van der Waals surface area contributed by atoms with Gasteiger partial charge in [0.05, 0.1) is 6.54 Å². The van der Waals surface area contributed by atoms with E-state index in [1.807, 2.05) is 0 Å². The lowest BCUT2D eigenvalue weighted by atomic mass is 10.1. The van der Waals surface area contributed by atoms with E-state index in [1.165, 1.54) is 17.8 Å². The van der Waals surface area contributed by atoms with Gasteiger partial charge in [0.25, 0.3) is 0 Å². The highest BCUT2D eigenvalue weighted by Crippen LogP contribution is 2.18. The third kappa shape index (κ3) is 3.27. The lowest BCUT2D eigenvalue weighted by Gasteiger charge is -2.39. The number of aryl methyl sites for hydroxylation is 1. The molecular formula is C13H23N3S. The quantitative estimate of drug-likeness (QED) is 0.893. The summed E-state index contributed by atoms with van der Waals surface area (Å²) >= 11 is 1.79. The lowest BCUT2D eigenvalue weighted by Crippen LogP contribution is -2.55. The number of hydrogen-bond donors (Lipinski definition) is 1. The van der Waals surface area contributed by atoms with Gasteiger partial charge in [0.1, 0.15) is 5.01 Å². The SMILES string of the molecule is CCC1CN(Cc2nc(C)cs2)C(CC)CN1. The molecular weight excluding hydrogens is 230 g/mol. The molecule has 1 N–H and O–H groups in total. The van der Waals surface area contributed by atoms with Crippen molar-refractivity contribution < 1.29 is 0 Å². The van der Waals surface area contributed by atoms with E-state index in [2.05, 4.69) is 41.4 Å². The van der Waals surface area contributed by atoms with Crippen molar-refractivity contribution in [1.82, 2.24) is 15.2 Å². The van der Waals surface area contributed by atoms with Crippen LogP contribution in [0.2, 0.25) is 0 Å². The van der Waals surface area contributed by atoms with Crippen molar-refractivity contribution in [2.24, 2.45) is 0 Å². The first-order valence-corrected chi connectivity index (χ1v) is 7.49. The van der Waals surface area contributed by atoms with E-state index in [-0.39, 0.29) is 0 Å². The van der Waals surface area contributed by atoms with E-state index >= 15 is 0 Å². The van der Waals surface area contributed by atoms with E-state index in [0.29, 0.717) is 12.1 Å². The predicted molar refractivity (Wildman–Crippen MR) is 73.4 cm³/mol. The second-order valence-corrected chi connectivity index (χ2v) is 5.83. The molecule has 2 rings (SSSR count). The molecule has 4 heteroatoms. The summed E-state index contributed by atoms with van der Waals surface area (Å²) in [6.45, 7) is 9.92. The molecule has 96 valence electrons. The Morgan fingerprint density at radius 3 is 2.88 bits per heavy atom. The van der Waals surface area contributed by atoms with Crippen LogP contribution in [-0.4, -0.2) is 35.1 Å². The Balaban J connectivity index is 2.00. The third-order valence-electron chi connectivity index (χ3n) is 3.58. The van der Waals surface area contributed by atoms with Crippen LogP contribution in [-0.2, 0) is 6.54 Å². The van der Waals surface area contributed by atoms with Gasteiger partial charge in [0, 0.05) is 36.2 Å². The molecule has 0 aromatic carbocycles. The summed E-state index contributed by atoms with van der Waals surface area (Å²) in [5.41, 5.74) is 1.15. The minimum Gasteiger partial charge on any atom is -0.311 e. The molecule has 2 heterocycles. The molecule has 1 saturated heterocycles. The van der Waals surface area contributed by atoms with Crippen LogP contribution in [0.1, 0.15) is 37.4 Å². The first-order chi connectivity index (χ1) is 8.22. The van der Waals surface area contributed by atoms with Crippen molar-refractivity contribution in [3.63, 3.8) is 0 Å². The maximum Gasteiger partial charge on any atom is 0.107 e. The number of nitrogens with zero attached hydrogens (tertiary/aromatic N) is 2. The van der Waals surface area contributed by atoms with Crippen molar-refractivity contribution >= 4 is 11.3 Å². The van der Waals surface area contributed by atoms with Gasteiger partial charge in [-0.3, -0.25) is 4.90 Å². The van der Waals surface area contributed by atoms with Gasteiger partial charge < -0.3 is 5.32 Å². The van der Waals surface area contributed by atoms with Gasteiger partial charge in [-0.2, -0.15) is 0 Å². The zero-order chi connectivity index (χ0) is 12.3. The molecule has 1 aliphatic rings. The summed E-state index contributed by atoms with van der Waals surface area (Å²) < 4.78 is 0. The van der Waals surface area contributed by atoms with E-state index in [1.54, 1.807) is 11.3 Å². The van der Waals surface area contributed by atoms with Crippen molar-refractivity contribution in [3.05, 3.63) is 16.1 Å². The standard InChI is InChI=1S/C13H23N3S/c1-4-11-7-16(12(5-2)6-14-11)8-13-15-10(3)9-17-13/h9,11-12,14H,4-8H2,1-3H3. The molecule has 1 aliphatic heterocycles. The predicted octanol–water partition coefficient (Wildman–Crippen LogP) is 2.41. The van der Waals surface area contributed by atoms with E-state index < -0.39 is 0 Å². The van der Waals surface area contributed by atoms with Gasteiger partial charge in [0.2, 0.25) is 0 Å². The summed E-state index contributed by atoms with van der Waals surface area (Å²) in [5.74, 6) is 0. The Bertz CT molecular complexity index is 350. The molecule has 1 aromatic heterocycles. The fourth-order valence-electron chi connectivity index (χ4n) is 2.45. The highest BCUT2D eigenvalue weighted by molar-refractivity contribution is 7.09. The third-order valence-corrected chi connectivity index (χ3v) is 4.53. The lowest BCUT2D eigenvalue weighted by molar-refractivity contribution is 0.117. The summed E-state index contributed by atoms with van der Waals surface area (Å²) in [7, 11) is 0. The van der Waals surface area contributed by atoms with Crippen molar-refractivity contribution in [3.8, 4) is 0 Å². The monoisotopic (exact) mass is 253 g/mol. The average molecular weight is 253 g/mol. The number of hydrogen-bond acceptors (Lipinski definition) is 4. The molecule has 1 fully saturated rings. The highest BCUT2D eigenvalue weighted by Gasteiger charge is 2.26. The Kier molecular flexibility index (Phi) is 4.54. The fraction of sp³-hybridized carbons (Fsp3) is 0.769. The van der Waals surface area contributed by atoms with Crippen LogP contribution in [0.25, 0.3) is 0 Å². The summed E-state index contributed by atoms with van der Waals surface area (Å²) in [6.07, 6.45) is 2.43. The first-order valence-electron chi connectivity index (χ1n) is 6.61. The Morgan fingerprint density at radius 2 is 2.29 bits per heavy atom. The largest absolute Gasteiger partial charge is 0.311 e. The minimum absolute atomic E-state index is 0.652. The molecule has 0 spiro atoms. The molecule has 0 bridgehead atoms. The molecule has 0 radical (unpaired) electrons. The molecule has 2 unspecified atom stereocenters. The van der Waals surface area contributed by atoms with Crippen molar-refractivity contribution in [1.29, 1.82) is 0 Å². The van der Waals surface area contributed by atoms with Crippen LogP contribution in [0.4, 0.5) is 0 Å². The molecule has 1 aromatic rings. The van der Waals surface area contributed by atoms with Gasteiger partial charge in [-0.05, 0) is 19.8 Å². The van der Waals surface area contributed by atoms with Gasteiger partial charge in [-0.1, -0.05) is 13.8 Å². The second kappa shape index (κ2) is 5.94. The van der Waals surface area contributed by atoms with Crippen LogP contribution >= 0.6 is 11.3 Å². The van der Waals surface area contributed by atoms with E-state index in [9.17, 15) is 0 Å². The molecule has 2 atom stereocenters. The van der Waals surface area contributed by atoms with E-state index in [0.717, 1.165) is 25.3 Å². The molecule has 17 heavy (non-hydrogen) atoms. The number of aromatic nitrogens is 1. The number of rotatable bonds is 4. The second-order valence-electron chi connectivity index (χ2n) is 4.89. The number of piperazine rings is 1. The van der Waals surface area contributed by atoms with Crippen molar-refractivity contribution in [2.75, 3.05) is 13.1 Å². The van der Waals surface area contributed by atoms with Crippen LogP contribution in [0.15, 0.2) is 5.38 Å². The summed E-state index contributed by atoms with van der Waals surface area (Å²) in [5, 5.41) is 7.04. The first kappa shape index (κ1) is 13.0. The number of nitrogens with one attached hydrogen (secondary N) is 1. The van der Waals surface area contributed by atoms with Gasteiger partial charge in [0.15, 0.2) is 0 Å². The topological polar surface area (TPSA) is 28.2 Å². The van der Waals surface area contributed by atoms with Crippen LogP contribution in [0.3, 0.4) is 0 Å². The maximum absolute atomic E-state index is 4.58. The molecule has 0 amide bonds. The van der Waals surface area contributed by atoms with Gasteiger partial charge in [-0.15, -0.1) is 11.3 Å².